The first-order chi connectivity index (χ1) is 25.1. The molecule has 3 fully saturated rings. The van der Waals surface area contributed by atoms with Crippen LogP contribution in [0.5, 0.6) is 6.01 Å². The molecule has 0 spiro atoms. The number of nitrogens with two attached hydrogens (primary N) is 1. The maximum atomic E-state index is 17.1. The SMILES string of the molecule is Cc1ccn(C(=O)C2CCCN(c3nc(OC[C@@]45CCCN4C[C@H](F)C5)nc4c(F)c(-c5ccc(F)c6sc(N)c(C#N)c56)c(Cl)cc34)CCC2)n1. The molecule has 270 valence electrons. The van der Waals surface area contributed by atoms with Gasteiger partial charge in [-0.1, -0.05) is 17.7 Å². The predicted octanol–water partition coefficient (Wildman–Crippen LogP) is 7.69. The largest absolute Gasteiger partial charge is 0.461 e. The summed E-state index contributed by atoms with van der Waals surface area (Å²) in [6.45, 7) is 4.17. The Morgan fingerprint density at radius 3 is 2.69 bits per heavy atom. The average Bonchev–Trinajstić information content (AvgIpc) is 3.86. The second-order valence-electron chi connectivity index (χ2n) is 14.1. The fourth-order valence-corrected chi connectivity index (χ4v) is 9.61. The molecule has 0 amide bonds. The molecule has 3 aromatic heterocycles. The molecule has 5 aromatic rings. The van der Waals surface area contributed by atoms with Gasteiger partial charge in [0.15, 0.2) is 5.82 Å². The van der Waals surface area contributed by atoms with Crippen molar-refractivity contribution in [3.63, 3.8) is 0 Å². The number of thiophene rings is 1. The standard InChI is InChI=1S/C37H36ClF3N8O2S/c1-20-9-14-49(46-20)35(50)21-5-2-11-47(12-3-6-21)34-24-15-26(38)29(23-7-8-27(40)32-28(23)25(17-42)33(43)52-32)30(41)31(24)44-36(45-34)51-19-37-10-4-13-48(37)18-22(39)16-37/h7-9,14-15,21-22H,2-6,10-13,16,18-19,43H2,1H3/t22-,37+/m1/s1. The molecule has 0 bridgehead atoms. The van der Waals surface area contributed by atoms with Gasteiger partial charge in [-0.2, -0.15) is 20.3 Å². The van der Waals surface area contributed by atoms with Crippen molar-refractivity contribution in [2.75, 3.05) is 43.4 Å². The van der Waals surface area contributed by atoms with Crippen LogP contribution in [0, 0.1) is 35.8 Å². The van der Waals surface area contributed by atoms with Crippen LogP contribution in [0.15, 0.2) is 30.5 Å². The van der Waals surface area contributed by atoms with Crippen LogP contribution in [0.25, 0.3) is 32.1 Å². The third-order valence-corrected chi connectivity index (χ3v) is 12.2. The molecule has 52 heavy (non-hydrogen) atoms. The van der Waals surface area contributed by atoms with Crippen molar-refractivity contribution >= 4 is 60.7 Å². The Bertz CT molecular complexity index is 2260. The van der Waals surface area contributed by atoms with Crippen molar-refractivity contribution in [3.8, 4) is 23.2 Å². The van der Waals surface area contributed by atoms with Gasteiger partial charge in [0.05, 0.1) is 26.5 Å². The smallest absolute Gasteiger partial charge is 0.319 e. The lowest BCUT2D eigenvalue weighted by Gasteiger charge is -2.31. The molecular formula is C37H36ClF3N8O2S. The molecule has 3 aliphatic rings. The summed E-state index contributed by atoms with van der Waals surface area (Å²) in [5.41, 5.74) is 6.53. The number of aromatic nitrogens is 4. The number of carbonyl (C=O) groups is 1. The highest BCUT2D eigenvalue weighted by atomic mass is 35.5. The van der Waals surface area contributed by atoms with E-state index in [9.17, 15) is 18.8 Å². The number of benzene rings is 2. The number of aryl methyl sites for hydroxylation is 1. The van der Waals surface area contributed by atoms with Crippen LogP contribution in [0.3, 0.4) is 0 Å². The summed E-state index contributed by atoms with van der Waals surface area (Å²) in [5.74, 6) is -1.16. The van der Waals surface area contributed by atoms with Crippen LogP contribution in [0.4, 0.5) is 24.0 Å². The highest BCUT2D eigenvalue weighted by Gasteiger charge is 2.49. The summed E-state index contributed by atoms with van der Waals surface area (Å²) >= 11 is 7.81. The van der Waals surface area contributed by atoms with E-state index in [2.05, 4.69) is 15.0 Å². The van der Waals surface area contributed by atoms with E-state index in [0.29, 0.717) is 62.9 Å². The molecule has 0 radical (unpaired) electrons. The minimum Gasteiger partial charge on any atom is -0.461 e. The van der Waals surface area contributed by atoms with Crippen LogP contribution in [-0.2, 0) is 0 Å². The summed E-state index contributed by atoms with van der Waals surface area (Å²) in [5, 5.41) is 14.9. The summed E-state index contributed by atoms with van der Waals surface area (Å²) in [4.78, 5) is 26.8. The molecule has 10 nitrogen and oxygen atoms in total. The minimum atomic E-state index is -0.954. The van der Waals surface area contributed by atoms with E-state index in [1.54, 1.807) is 12.3 Å². The normalized spacial score (nSPS) is 21.4. The van der Waals surface area contributed by atoms with Crippen molar-refractivity contribution in [3.05, 3.63) is 58.4 Å². The number of nitrogens with zero attached hydrogens (tertiary/aromatic N) is 7. The number of nitrogen functional groups attached to an aromatic ring is 1. The Kier molecular flexibility index (Phi) is 9.00. The summed E-state index contributed by atoms with van der Waals surface area (Å²) < 4.78 is 54.5. The zero-order valence-corrected chi connectivity index (χ0v) is 30.0. The molecule has 3 aliphatic heterocycles. The van der Waals surface area contributed by atoms with Gasteiger partial charge in [0, 0.05) is 54.5 Å². The van der Waals surface area contributed by atoms with Crippen molar-refractivity contribution in [2.45, 2.75) is 63.6 Å². The highest BCUT2D eigenvalue weighted by Crippen LogP contribution is 2.46. The number of hydrogen-bond acceptors (Lipinski definition) is 10. The summed E-state index contributed by atoms with van der Waals surface area (Å²) in [6, 6.07) is 7.98. The maximum absolute atomic E-state index is 17.1. The van der Waals surface area contributed by atoms with Gasteiger partial charge in [-0.25, -0.2) is 17.9 Å². The number of fused-ring (bicyclic) bond motifs is 3. The van der Waals surface area contributed by atoms with Gasteiger partial charge in [0.25, 0.3) is 0 Å². The molecule has 3 saturated heterocycles. The maximum Gasteiger partial charge on any atom is 0.319 e. The molecule has 0 unspecified atom stereocenters. The minimum absolute atomic E-state index is 0.0257. The van der Waals surface area contributed by atoms with Crippen LogP contribution in [0.1, 0.15) is 61.0 Å². The number of carbonyl (C=O) groups excluding carboxylic acids is 1. The molecule has 6 heterocycles. The van der Waals surface area contributed by atoms with Gasteiger partial charge in [0.2, 0.25) is 5.91 Å². The number of anilines is 2. The lowest BCUT2D eigenvalue weighted by Crippen LogP contribution is -2.43. The molecule has 0 saturated carbocycles. The number of rotatable bonds is 6. The lowest BCUT2D eigenvalue weighted by molar-refractivity contribution is 0.0796. The Hall–Kier alpha value is -4.45. The Morgan fingerprint density at radius 1 is 1.17 bits per heavy atom. The molecule has 8 rings (SSSR count). The van der Waals surface area contributed by atoms with Crippen molar-refractivity contribution in [1.82, 2.24) is 24.6 Å². The van der Waals surface area contributed by atoms with Gasteiger partial charge in [0.1, 0.15) is 41.0 Å². The predicted molar refractivity (Wildman–Crippen MR) is 195 cm³/mol. The van der Waals surface area contributed by atoms with E-state index in [1.807, 2.05) is 24.0 Å². The number of ether oxygens (including phenoxy) is 1. The fourth-order valence-electron chi connectivity index (χ4n) is 8.37. The first-order valence-electron chi connectivity index (χ1n) is 17.5. The number of hydrogen-bond donors (Lipinski definition) is 1. The third kappa shape index (κ3) is 5.92. The van der Waals surface area contributed by atoms with Crippen LogP contribution in [-0.4, -0.2) is 75.1 Å². The lowest BCUT2D eigenvalue weighted by atomic mass is 9.94. The molecule has 2 N–H and O–H groups in total. The van der Waals surface area contributed by atoms with Gasteiger partial charge in [-0.05, 0) is 75.8 Å². The molecule has 15 heteroatoms. The van der Waals surface area contributed by atoms with E-state index >= 15 is 4.39 Å². The summed E-state index contributed by atoms with van der Waals surface area (Å²) in [6.07, 6.45) is 5.37. The van der Waals surface area contributed by atoms with Crippen molar-refractivity contribution in [1.29, 1.82) is 5.26 Å². The monoisotopic (exact) mass is 748 g/mol. The van der Waals surface area contributed by atoms with E-state index in [0.717, 1.165) is 36.4 Å². The molecular weight excluding hydrogens is 713 g/mol. The fraction of sp³-hybridized carbons (Fsp3) is 0.432. The quantitative estimate of drug-likeness (QED) is 0.186. The van der Waals surface area contributed by atoms with E-state index in [1.165, 1.54) is 16.8 Å². The zero-order chi connectivity index (χ0) is 36.3. The Balaban J connectivity index is 1.20. The Labute approximate surface area is 306 Å². The second-order valence-corrected chi connectivity index (χ2v) is 15.6. The van der Waals surface area contributed by atoms with Crippen LogP contribution < -0.4 is 15.4 Å². The first-order valence-corrected chi connectivity index (χ1v) is 18.7. The van der Waals surface area contributed by atoms with E-state index in [-0.39, 0.29) is 66.8 Å². The molecule has 2 aromatic carbocycles. The second kappa shape index (κ2) is 13.5. The van der Waals surface area contributed by atoms with Gasteiger partial charge < -0.3 is 15.4 Å². The first kappa shape index (κ1) is 34.6. The van der Waals surface area contributed by atoms with Gasteiger partial charge >= 0.3 is 6.01 Å². The zero-order valence-electron chi connectivity index (χ0n) is 28.5. The van der Waals surface area contributed by atoms with Gasteiger partial charge in [-0.3, -0.25) is 9.69 Å². The number of halogens is 4. The summed E-state index contributed by atoms with van der Waals surface area (Å²) in [7, 11) is 0. The number of alkyl halides is 1. The number of nitriles is 1. The highest BCUT2D eigenvalue weighted by molar-refractivity contribution is 7.23. The van der Waals surface area contributed by atoms with E-state index in [4.69, 9.17) is 27.1 Å². The topological polar surface area (TPSA) is 126 Å². The Morgan fingerprint density at radius 2 is 1.96 bits per heavy atom. The molecule has 0 aliphatic carbocycles. The van der Waals surface area contributed by atoms with Crippen LogP contribution >= 0.6 is 22.9 Å². The molecule has 2 atom stereocenters. The van der Waals surface area contributed by atoms with Crippen molar-refractivity contribution < 1.29 is 22.7 Å². The van der Waals surface area contributed by atoms with Crippen molar-refractivity contribution in [2.24, 2.45) is 5.92 Å². The van der Waals surface area contributed by atoms with E-state index < -0.39 is 23.3 Å². The third-order valence-electron chi connectivity index (χ3n) is 10.8. The average molecular weight is 749 g/mol. The van der Waals surface area contributed by atoms with Gasteiger partial charge in [-0.15, -0.1) is 11.3 Å². The van der Waals surface area contributed by atoms with Crippen LogP contribution in [0.2, 0.25) is 5.02 Å².